The second-order valence-electron chi connectivity index (χ2n) is 4.96. The van der Waals surface area contributed by atoms with E-state index in [4.69, 9.17) is 0 Å². The van der Waals surface area contributed by atoms with Gasteiger partial charge < -0.3 is 0 Å². The fourth-order valence-corrected chi connectivity index (χ4v) is 2.16. The summed E-state index contributed by atoms with van der Waals surface area (Å²) in [5.74, 6) is 0.706. The molecule has 0 amide bonds. The minimum atomic E-state index is -4.11. The minimum Gasteiger partial charge on any atom is -0.292 e. The standard InChI is InChI=1S/C13H23F3N4/c1-4-5-17-11(2)18-12(3)20-8-6-19(7-9-20)10-13(14,15)16/h5,12H,4,6-10H2,1-3H3. The second kappa shape index (κ2) is 7.73. The molecule has 0 aliphatic carbocycles. The van der Waals surface area contributed by atoms with Crippen molar-refractivity contribution in [2.24, 2.45) is 9.98 Å². The maximum absolute atomic E-state index is 12.3. The Morgan fingerprint density at radius 1 is 1.25 bits per heavy atom. The lowest BCUT2D eigenvalue weighted by atomic mass is 10.3. The largest absolute Gasteiger partial charge is 0.401 e. The van der Waals surface area contributed by atoms with Crippen LogP contribution in [0.25, 0.3) is 0 Å². The number of nitrogens with zero attached hydrogens (tertiary/aromatic N) is 4. The van der Waals surface area contributed by atoms with E-state index in [0.717, 1.165) is 6.42 Å². The number of aliphatic imine (C=N–C) groups is 2. The van der Waals surface area contributed by atoms with Crippen LogP contribution in [0.4, 0.5) is 13.2 Å². The van der Waals surface area contributed by atoms with Crippen LogP contribution in [0.1, 0.15) is 27.2 Å². The third kappa shape index (κ3) is 6.47. The van der Waals surface area contributed by atoms with Crippen LogP contribution < -0.4 is 0 Å². The Balaban J connectivity index is 2.43. The minimum absolute atomic E-state index is 0.0444. The summed E-state index contributed by atoms with van der Waals surface area (Å²) in [5.41, 5.74) is 0. The van der Waals surface area contributed by atoms with Crippen LogP contribution >= 0.6 is 0 Å². The van der Waals surface area contributed by atoms with Crippen molar-refractivity contribution in [3.63, 3.8) is 0 Å². The zero-order valence-electron chi connectivity index (χ0n) is 12.3. The predicted octanol–water partition coefficient (Wildman–Crippen LogP) is 2.41. The van der Waals surface area contributed by atoms with Gasteiger partial charge in [0.05, 0.1) is 6.54 Å². The van der Waals surface area contributed by atoms with E-state index in [-0.39, 0.29) is 6.17 Å². The molecule has 1 aliphatic rings. The van der Waals surface area contributed by atoms with Gasteiger partial charge >= 0.3 is 6.18 Å². The van der Waals surface area contributed by atoms with Gasteiger partial charge in [-0.1, -0.05) is 6.92 Å². The van der Waals surface area contributed by atoms with Crippen molar-refractivity contribution in [2.75, 3.05) is 32.7 Å². The summed E-state index contributed by atoms with van der Waals surface area (Å²) in [6.07, 6.45) is -1.50. The number of alkyl halides is 3. The van der Waals surface area contributed by atoms with Gasteiger partial charge in [0, 0.05) is 32.4 Å². The number of amidine groups is 1. The average Bonchev–Trinajstić information content (AvgIpc) is 2.35. The smallest absolute Gasteiger partial charge is 0.292 e. The third-order valence-electron chi connectivity index (χ3n) is 3.17. The van der Waals surface area contributed by atoms with Crippen molar-refractivity contribution in [1.82, 2.24) is 9.80 Å². The molecule has 1 heterocycles. The molecule has 0 saturated carbocycles. The van der Waals surface area contributed by atoms with E-state index in [9.17, 15) is 13.2 Å². The molecule has 1 rings (SSSR count). The lowest BCUT2D eigenvalue weighted by molar-refractivity contribution is -0.149. The Morgan fingerprint density at radius 2 is 1.85 bits per heavy atom. The summed E-state index contributed by atoms with van der Waals surface area (Å²) < 4.78 is 36.9. The molecule has 0 bridgehead atoms. The molecule has 0 N–H and O–H groups in total. The molecule has 1 aliphatic heterocycles. The molecule has 4 nitrogen and oxygen atoms in total. The molecule has 1 atom stereocenters. The summed E-state index contributed by atoms with van der Waals surface area (Å²) >= 11 is 0. The monoisotopic (exact) mass is 292 g/mol. The van der Waals surface area contributed by atoms with Crippen LogP contribution in [0, 0.1) is 0 Å². The fraction of sp³-hybridized carbons (Fsp3) is 0.846. The average molecular weight is 292 g/mol. The van der Waals surface area contributed by atoms with Crippen LogP contribution in [0.2, 0.25) is 0 Å². The van der Waals surface area contributed by atoms with Crippen LogP contribution in [0.3, 0.4) is 0 Å². The van der Waals surface area contributed by atoms with Gasteiger partial charge in [-0.3, -0.25) is 14.8 Å². The highest BCUT2D eigenvalue weighted by Crippen LogP contribution is 2.18. The lowest BCUT2D eigenvalue weighted by Crippen LogP contribution is -2.51. The number of piperazine rings is 1. The highest BCUT2D eigenvalue weighted by Gasteiger charge is 2.32. The molecule has 116 valence electrons. The molecule has 1 saturated heterocycles. The molecule has 0 radical (unpaired) electrons. The van der Waals surface area contributed by atoms with Crippen LogP contribution in [-0.4, -0.2) is 66.9 Å². The molecule has 7 heteroatoms. The topological polar surface area (TPSA) is 31.2 Å². The first-order chi connectivity index (χ1) is 9.31. The Morgan fingerprint density at radius 3 is 2.35 bits per heavy atom. The number of hydrogen-bond acceptors (Lipinski definition) is 3. The lowest BCUT2D eigenvalue weighted by Gasteiger charge is -2.36. The van der Waals surface area contributed by atoms with Gasteiger partial charge in [0.2, 0.25) is 0 Å². The normalized spacial score (nSPS) is 21.6. The predicted molar refractivity (Wildman–Crippen MR) is 75.4 cm³/mol. The molecule has 1 fully saturated rings. The Hall–Kier alpha value is -0.950. The first kappa shape index (κ1) is 17.1. The molecular weight excluding hydrogens is 269 g/mol. The highest BCUT2D eigenvalue weighted by atomic mass is 19.4. The van der Waals surface area contributed by atoms with Crippen molar-refractivity contribution in [3.05, 3.63) is 0 Å². The third-order valence-corrected chi connectivity index (χ3v) is 3.17. The summed E-state index contributed by atoms with van der Waals surface area (Å²) in [5, 5.41) is 0. The van der Waals surface area contributed by atoms with E-state index in [1.54, 1.807) is 6.21 Å². The molecular formula is C13H23F3N4. The van der Waals surface area contributed by atoms with Crippen LogP contribution in [0.15, 0.2) is 9.98 Å². The maximum atomic E-state index is 12.3. The van der Waals surface area contributed by atoms with Crippen molar-refractivity contribution < 1.29 is 13.2 Å². The zero-order valence-corrected chi connectivity index (χ0v) is 12.3. The first-order valence-electron chi connectivity index (χ1n) is 6.92. The van der Waals surface area contributed by atoms with Crippen LogP contribution in [-0.2, 0) is 0 Å². The summed E-state index contributed by atoms with van der Waals surface area (Å²) in [6.45, 7) is 7.02. The van der Waals surface area contributed by atoms with E-state index >= 15 is 0 Å². The first-order valence-corrected chi connectivity index (χ1v) is 6.92. The molecule has 0 aromatic carbocycles. The summed E-state index contributed by atoms with van der Waals surface area (Å²) in [7, 11) is 0. The van der Waals surface area contributed by atoms with Crippen molar-refractivity contribution in [2.45, 2.75) is 39.5 Å². The quantitative estimate of drug-likeness (QED) is 0.588. The highest BCUT2D eigenvalue weighted by molar-refractivity contribution is 5.87. The van der Waals surface area contributed by atoms with Crippen molar-refractivity contribution >= 4 is 12.1 Å². The summed E-state index contributed by atoms with van der Waals surface area (Å²) in [4.78, 5) is 12.1. The van der Waals surface area contributed by atoms with Gasteiger partial charge in [0.15, 0.2) is 0 Å². The molecule has 1 unspecified atom stereocenters. The van der Waals surface area contributed by atoms with Gasteiger partial charge in [-0.15, -0.1) is 0 Å². The molecule has 0 aromatic rings. The fourth-order valence-electron chi connectivity index (χ4n) is 2.16. The number of hydrogen-bond donors (Lipinski definition) is 0. The molecule has 0 spiro atoms. The van der Waals surface area contributed by atoms with E-state index in [1.165, 1.54) is 4.90 Å². The van der Waals surface area contributed by atoms with Gasteiger partial charge in [-0.05, 0) is 20.3 Å². The van der Waals surface area contributed by atoms with E-state index in [0.29, 0.717) is 32.0 Å². The number of halogens is 3. The van der Waals surface area contributed by atoms with Gasteiger partial charge in [-0.25, -0.2) is 4.99 Å². The SMILES string of the molecule is CCC=NC(C)=NC(C)N1CCN(CC(F)(F)F)CC1. The van der Waals surface area contributed by atoms with Crippen molar-refractivity contribution in [3.8, 4) is 0 Å². The zero-order chi connectivity index (χ0) is 15.2. The number of rotatable bonds is 4. The maximum Gasteiger partial charge on any atom is 0.401 e. The van der Waals surface area contributed by atoms with Gasteiger partial charge in [0.25, 0.3) is 0 Å². The summed E-state index contributed by atoms with van der Waals surface area (Å²) in [6, 6.07) is 0. The van der Waals surface area contributed by atoms with E-state index in [1.807, 2.05) is 20.8 Å². The van der Waals surface area contributed by atoms with E-state index < -0.39 is 12.7 Å². The second-order valence-corrected chi connectivity index (χ2v) is 4.96. The van der Waals surface area contributed by atoms with Crippen LogP contribution in [0.5, 0.6) is 0 Å². The molecule has 20 heavy (non-hydrogen) atoms. The van der Waals surface area contributed by atoms with E-state index in [2.05, 4.69) is 14.9 Å². The van der Waals surface area contributed by atoms with Gasteiger partial charge in [-0.2, -0.15) is 13.2 Å². The Labute approximate surface area is 118 Å². The Kier molecular flexibility index (Phi) is 6.61. The van der Waals surface area contributed by atoms with Gasteiger partial charge in [0.1, 0.15) is 12.0 Å². The van der Waals surface area contributed by atoms with Crippen molar-refractivity contribution in [1.29, 1.82) is 0 Å². The molecule has 0 aromatic heterocycles. The Bertz CT molecular complexity index is 344.